The van der Waals surface area contributed by atoms with Crippen LogP contribution in [-0.2, 0) is 13.1 Å². The number of benzene rings is 2. The Kier molecular flexibility index (Phi) is 5.81. The number of hydrogen-bond donors (Lipinski definition) is 1. The van der Waals surface area contributed by atoms with Crippen LogP contribution < -0.4 is 5.43 Å². The van der Waals surface area contributed by atoms with Crippen molar-refractivity contribution in [2.24, 2.45) is 5.92 Å². The highest BCUT2D eigenvalue weighted by Crippen LogP contribution is 2.18. The van der Waals surface area contributed by atoms with Crippen molar-refractivity contribution in [3.63, 3.8) is 0 Å². The molecule has 142 valence electrons. The summed E-state index contributed by atoms with van der Waals surface area (Å²) in [5, 5.41) is 0.783. The standard InChI is InChI=1S/C24H30N2O/c1-16(2)13-26(14-20-8-6-17(3)7-9-20)15-21-12-23(27)22-11-18(4)10-19(5)24(22)25-21/h6-12,16H,13-15H2,1-5H3,(H,25,27). The predicted octanol–water partition coefficient (Wildman–Crippen LogP) is 5.11. The zero-order valence-corrected chi connectivity index (χ0v) is 17.1. The highest BCUT2D eigenvalue weighted by molar-refractivity contribution is 5.82. The number of H-pyrrole nitrogens is 1. The summed E-state index contributed by atoms with van der Waals surface area (Å²) in [6.07, 6.45) is 0. The van der Waals surface area contributed by atoms with Gasteiger partial charge in [0, 0.05) is 36.8 Å². The molecule has 0 bridgehead atoms. The number of aromatic nitrogens is 1. The normalized spacial score (nSPS) is 11.7. The summed E-state index contributed by atoms with van der Waals surface area (Å²) in [6, 6.07) is 14.6. The first-order valence-corrected chi connectivity index (χ1v) is 9.73. The molecule has 1 N–H and O–H groups in total. The Morgan fingerprint density at radius 3 is 2.30 bits per heavy atom. The minimum Gasteiger partial charge on any atom is -0.357 e. The van der Waals surface area contributed by atoms with Crippen molar-refractivity contribution in [2.75, 3.05) is 6.54 Å². The Morgan fingerprint density at radius 2 is 1.63 bits per heavy atom. The molecule has 3 aromatic rings. The molecular formula is C24H30N2O. The van der Waals surface area contributed by atoms with Crippen molar-refractivity contribution in [1.82, 2.24) is 9.88 Å². The molecule has 0 fully saturated rings. The molecule has 1 aromatic heterocycles. The fraction of sp³-hybridized carbons (Fsp3) is 0.375. The van der Waals surface area contributed by atoms with Gasteiger partial charge in [-0.25, -0.2) is 0 Å². The fourth-order valence-corrected chi connectivity index (χ4v) is 3.74. The van der Waals surface area contributed by atoms with E-state index in [1.54, 1.807) is 6.07 Å². The summed E-state index contributed by atoms with van der Waals surface area (Å²) in [6.45, 7) is 13.3. The molecule has 0 atom stereocenters. The maximum Gasteiger partial charge on any atom is 0.189 e. The van der Waals surface area contributed by atoms with Gasteiger partial charge in [-0.1, -0.05) is 49.7 Å². The van der Waals surface area contributed by atoms with Crippen LogP contribution in [0.25, 0.3) is 10.9 Å². The molecule has 0 aliphatic carbocycles. The van der Waals surface area contributed by atoms with Crippen molar-refractivity contribution in [3.8, 4) is 0 Å². The van der Waals surface area contributed by atoms with E-state index in [4.69, 9.17) is 0 Å². The van der Waals surface area contributed by atoms with E-state index in [-0.39, 0.29) is 5.43 Å². The van der Waals surface area contributed by atoms with Gasteiger partial charge in [0.25, 0.3) is 0 Å². The molecule has 0 saturated carbocycles. The first kappa shape index (κ1) is 19.4. The number of rotatable bonds is 6. The summed E-state index contributed by atoms with van der Waals surface area (Å²) >= 11 is 0. The van der Waals surface area contributed by atoms with E-state index in [0.717, 1.165) is 47.4 Å². The molecule has 0 saturated heterocycles. The largest absolute Gasteiger partial charge is 0.357 e. The Hall–Kier alpha value is -2.39. The molecule has 1 heterocycles. The molecule has 3 nitrogen and oxygen atoms in total. The maximum atomic E-state index is 12.7. The van der Waals surface area contributed by atoms with Gasteiger partial charge in [-0.2, -0.15) is 0 Å². The van der Waals surface area contributed by atoms with E-state index < -0.39 is 0 Å². The van der Waals surface area contributed by atoms with Crippen LogP contribution in [0.2, 0.25) is 0 Å². The number of fused-ring (bicyclic) bond motifs is 1. The number of nitrogens with zero attached hydrogens (tertiary/aromatic N) is 1. The van der Waals surface area contributed by atoms with Gasteiger partial charge in [-0.3, -0.25) is 9.69 Å². The molecular weight excluding hydrogens is 332 g/mol. The van der Waals surface area contributed by atoms with Crippen LogP contribution >= 0.6 is 0 Å². The molecule has 0 aliphatic heterocycles. The molecule has 27 heavy (non-hydrogen) atoms. The summed E-state index contributed by atoms with van der Waals surface area (Å²) in [7, 11) is 0. The smallest absolute Gasteiger partial charge is 0.189 e. The number of pyridine rings is 1. The van der Waals surface area contributed by atoms with Gasteiger partial charge in [-0.05, 0) is 49.4 Å². The Morgan fingerprint density at radius 1 is 0.926 bits per heavy atom. The lowest BCUT2D eigenvalue weighted by molar-refractivity contribution is 0.225. The van der Waals surface area contributed by atoms with Crippen molar-refractivity contribution < 1.29 is 0 Å². The van der Waals surface area contributed by atoms with Crippen molar-refractivity contribution in [3.05, 3.63) is 80.6 Å². The zero-order chi connectivity index (χ0) is 19.6. The summed E-state index contributed by atoms with van der Waals surface area (Å²) in [5.41, 5.74) is 6.87. The third kappa shape index (κ3) is 4.86. The van der Waals surface area contributed by atoms with E-state index in [0.29, 0.717) is 5.92 Å². The van der Waals surface area contributed by atoms with E-state index in [1.807, 2.05) is 13.0 Å². The van der Waals surface area contributed by atoms with E-state index in [1.165, 1.54) is 11.1 Å². The van der Waals surface area contributed by atoms with Crippen molar-refractivity contribution in [2.45, 2.75) is 47.7 Å². The third-order valence-electron chi connectivity index (χ3n) is 4.88. The fourth-order valence-electron chi connectivity index (χ4n) is 3.74. The lowest BCUT2D eigenvalue weighted by Crippen LogP contribution is -2.28. The van der Waals surface area contributed by atoms with Crippen LogP contribution in [-0.4, -0.2) is 16.4 Å². The topological polar surface area (TPSA) is 36.1 Å². The van der Waals surface area contributed by atoms with E-state index >= 15 is 0 Å². The van der Waals surface area contributed by atoms with E-state index in [2.05, 4.69) is 67.9 Å². The molecule has 3 rings (SSSR count). The quantitative estimate of drug-likeness (QED) is 0.661. The second kappa shape index (κ2) is 8.10. The first-order chi connectivity index (χ1) is 12.8. The van der Waals surface area contributed by atoms with Crippen LogP contribution in [0.3, 0.4) is 0 Å². The molecule has 0 aliphatic rings. The third-order valence-corrected chi connectivity index (χ3v) is 4.88. The average Bonchev–Trinajstić information content (AvgIpc) is 2.57. The van der Waals surface area contributed by atoms with Gasteiger partial charge in [-0.15, -0.1) is 0 Å². The van der Waals surface area contributed by atoms with Gasteiger partial charge in [0.1, 0.15) is 0 Å². The van der Waals surface area contributed by atoms with Crippen LogP contribution in [0.4, 0.5) is 0 Å². The van der Waals surface area contributed by atoms with Crippen LogP contribution in [0, 0.1) is 26.7 Å². The van der Waals surface area contributed by atoms with Gasteiger partial charge in [0.05, 0.1) is 5.52 Å². The number of aryl methyl sites for hydroxylation is 3. The van der Waals surface area contributed by atoms with Crippen molar-refractivity contribution in [1.29, 1.82) is 0 Å². The second-order valence-corrected chi connectivity index (χ2v) is 8.21. The minimum atomic E-state index is 0.102. The molecule has 0 unspecified atom stereocenters. The molecule has 0 radical (unpaired) electrons. The zero-order valence-electron chi connectivity index (χ0n) is 17.1. The van der Waals surface area contributed by atoms with Crippen molar-refractivity contribution >= 4 is 10.9 Å². The number of hydrogen-bond acceptors (Lipinski definition) is 2. The maximum absolute atomic E-state index is 12.7. The molecule has 2 aromatic carbocycles. The van der Waals surface area contributed by atoms with Gasteiger partial charge < -0.3 is 4.98 Å². The Bertz CT molecular complexity index is 984. The van der Waals surface area contributed by atoms with Gasteiger partial charge >= 0.3 is 0 Å². The lowest BCUT2D eigenvalue weighted by atomic mass is 10.1. The average molecular weight is 363 g/mol. The van der Waals surface area contributed by atoms with Crippen LogP contribution in [0.15, 0.2) is 47.3 Å². The molecule has 0 amide bonds. The van der Waals surface area contributed by atoms with Gasteiger partial charge in [0.15, 0.2) is 5.43 Å². The molecule has 3 heteroatoms. The Labute approximate surface area is 162 Å². The highest BCUT2D eigenvalue weighted by Gasteiger charge is 2.12. The second-order valence-electron chi connectivity index (χ2n) is 8.21. The number of aromatic amines is 1. The van der Waals surface area contributed by atoms with Crippen LogP contribution in [0.5, 0.6) is 0 Å². The monoisotopic (exact) mass is 362 g/mol. The predicted molar refractivity (Wildman–Crippen MR) is 114 cm³/mol. The minimum absolute atomic E-state index is 0.102. The first-order valence-electron chi connectivity index (χ1n) is 9.73. The summed E-state index contributed by atoms with van der Waals surface area (Å²) in [5.74, 6) is 0.562. The highest BCUT2D eigenvalue weighted by atomic mass is 16.1. The Balaban J connectivity index is 1.90. The van der Waals surface area contributed by atoms with Gasteiger partial charge in [0.2, 0.25) is 0 Å². The molecule has 0 spiro atoms. The summed E-state index contributed by atoms with van der Waals surface area (Å²) < 4.78 is 0. The SMILES string of the molecule is Cc1ccc(CN(Cc2cc(=O)c3cc(C)cc(C)c3[nH]2)CC(C)C)cc1. The summed E-state index contributed by atoms with van der Waals surface area (Å²) in [4.78, 5) is 18.6. The van der Waals surface area contributed by atoms with E-state index in [9.17, 15) is 4.79 Å². The lowest BCUT2D eigenvalue weighted by Gasteiger charge is -2.24. The van der Waals surface area contributed by atoms with Crippen LogP contribution in [0.1, 0.15) is 41.8 Å². The number of nitrogens with one attached hydrogen (secondary N) is 1.